The zero-order chi connectivity index (χ0) is 21.8. The average molecular weight is 436 g/mol. The summed E-state index contributed by atoms with van der Waals surface area (Å²) in [4.78, 5) is 39.3. The normalized spacial score (nSPS) is 19.0. The van der Waals surface area contributed by atoms with Crippen LogP contribution < -0.4 is 10.2 Å². The summed E-state index contributed by atoms with van der Waals surface area (Å²) in [5.74, 6) is -0.242. The van der Waals surface area contributed by atoms with Gasteiger partial charge in [-0.1, -0.05) is 18.3 Å². The summed E-state index contributed by atoms with van der Waals surface area (Å²) in [6, 6.07) is -0.139. The van der Waals surface area contributed by atoms with Crippen molar-refractivity contribution in [3.63, 3.8) is 0 Å². The number of nitrogens with one attached hydrogen (secondary N) is 2. The van der Waals surface area contributed by atoms with Gasteiger partial charge < -0.3 is 24.7 Å². The third-order valence-electron chi connectivity index (χ3n) is 5.25. The van der Waals surface area contributed by atoms with Gasteiger partial charge in [0.15, 0.2) is 11.0 Å². The zero-order valence-electron chi connectivity index (χ0n) is 18.1. The van der Waals surface area contributed by atoms with E-state index in [-0.39, 0.29) is 24.0 Å². The number of rotatable bonds is 7. The average Bonchev–Trinajstić information content (AvgIpc) is 3.31. The van der Waals surface area contributed by atoms with E-state index in [0.29, 0.717) is 42.5 Å². The smallest absolute Gasteiger partial charge is 0.350 e. The van der Waals surface area contributed by atoms with Crippen molar-refractivity contribution >= 4 is 28.3 Å². The molecule has 1 fully saturated rings. The van der Waals surface area contributed by atoms with Crippen molar-refractivity contribution in [3.8, 4) is 0 Å². The number of hydrogen-bond acceptors (Lipinski definition) is 8. The molecule has 1 aliphatic rings. The minimum atomic E-state index is -0.343. The summed E-state index contributed by atoms with van der Waals surface area (Å²) in [6.45, 7) is 9.09. The minimum Gasteiger partial charge on any atom is -0.462 e. The number of esters is 1. The quantitative estimate of drug-likeness (QED) is 0.642. The molecular weight excluding hydrogens is 406 g/mol. The highest BCUT2D eigenvalue weighted by molar-refractivity contribution is 7.17. The number of imidazole rings is 1. The summed E-state index contributed by atoms with van der Waals surface area (Å²) in [5.41, 5.74) is 2.48. The second-order valence-electron chi connectivity index (χ2n) is 7.22. The number of nitrogens with zero attached hydrogens (tertiary/aromatic N) is 3. The van der Waals surface area contributed by atoms with Crippen molar-refractivity contribution in [1.29, 1.82) is 0 Å². The molecule has 1 aliphatic heterocycles. The number of amides is 1. The molecule has 0 radical (unpaired) electrons. The minimum absolute atomic E-state index is 0.139. The number of ether oxygens (including phenoxy) is 2. The lowest BCUT2D eigenvalue weighted by Crippen LogP contribution is -2.55. The van der Waals surface area contributed by atoms with Crippen LogP contribution in [0, 0.1) is 13.8 Å². The molecule has 2 N–H and O–H groups in total. The fourth-order valence-corrected chi connectivity index (χ4v) is 4.58. The van der Waals surface area contributed by atoms with Gasteiger partial charge in [0.1, 0.15) is 4.88 Å². The summed E-state index contributed by atoms with van der Waals surface area (Å²) in [5, 5.41) is 3.81. The Bertz CT molecular complexity index is 909. The van der Waals surface area contributed by atoms with Crippen LogP contribution in [-0.4, -0.2) is 65.8 Å². The van der Waals surface area contributed by atoms with Crippen LogP contribution in [0.2, 0.25) is 0 Å². The Labute approximate surface area is 180 Å². The fourth-order valence-electron chi connectivity index (χ4n) is 3.58. The van der Waals surface area contributed by atoms with Crippen molar-refractivity contribution in [2.24, 2.45) is 0 Å². The molecule has 2 atom stereocenters. The molecule has 0 aliphatic carbocycles. The van der Waals surface area contributed by atoms with Gasteiger partial charge in [0.25, 0.3) is 5.91 Å². The highest BCUT2D eigenvalue weighted by atomic mass is 32.1. The summed E-state index contributed by atoms with van der Waals surface area (Å²) in [6.07, 6.45) is 1.28. The Morgan fingerprint density at radius 2 is 2.03 bits per heavy atom. The topological polar surface area (TPSA) is 109 Å². The van der Waals surface area contributed by atoms with E-state index in [4.69, 9.17) is 9.47 Å². The molecule has 164 valence electrons. The number of hydrogen-bond donors (Lipinski definition) is 2. The standard InChI is InChI=1S/C20H29N5O4S/c1-6-13-11(3)21-17(23-13)18(26)24-14-8-9-25(10-15(14)28-5)20-22-12(4)16(30-20)19(27)29-7-2/h14-15H,6-10H2,1-5H3,(H,21,23)(H,24,26)/t14-,15+/m1/s1. The maximum Gasteiger partial charge on any atom is 0.350 e. The first kappa shape index (κ1) is 22.2. The Balaban J connectivity index is 1.67. The lowest BCUT2D eigenvalue weighted by atomic mass is 10.0. The molecule has 0 saturated carbocycles. The molecular formula is C20H29N5O4S. The van der Waals surface area contributed by atoms with E-state index in [1.807, 2.05) is 20.8 Å². The Kier molecular flexibility index (Phi) is 7.09. The molecule has 3 rings (SSSR count). The van der Waals surface area contributed by atoms with Crippen molar-refractivity contribution in [2.75, 3.05) is 31.7 Å². The lowest BCUT2D eigenvalue weighted by molar-refractivity contribution is 0.0530. The van der Waals surface area contributed by atoms with Crippen LogP contribution in [0.3, 0.4) is 0 Å². The van der Waals surface area contributed by atoms with Gasteiger partial charge in [-0.3, -0.25) is 4.79 Å². The lowest BCUT2D eigenvalue weighted by Gasteiger charge is -2.37. The molecule has 30 heavy (non-hydrogen) atoms. The SMILES string of the molecule is CCOC(=O)c1sc(N2CC[C@@H](NC(=O)c3nc(C)c(CC)[nH]3)[C@@H](OC)C2)nc1C. The number of piperidine rings is 1. The van der Waals surface area contributed by atoms with Crippen LogP contribution in [0.5, 0.6) is 0 Å². The number of methoxy groups -OCH3 is 1. The number of carbonyl (C=O) groups is 2. The highest BCUT2D eigenvalue weighted by Crippen LogP contribution is 2.29. The number of aromatic amines is 1. The molecule has 1 amide bonds. The van der Waals surface area contributed by atoms with Crippen LogP contribution >= 0.6 is 11.3 Å². The van der Waals surface area contributed by atoms with E-state index in [9.17, 15) is 9.59 Å². The van der Waals surface area contributed by atoms with Gasteiger partial charge in [-0.15, -0.1) is 0 Å². The van der Waals surface area contributed by atoms with Crippen LogP contribution in [0.15, 0.2) is 0 Å². The molecule has 0 bridgehead atoms. The Morgan fingerprint density at radius 3 is 2.67 bits per heavy atom. The van der Waals surface area contributed by atoms with E-state index >= 15 is 0 Å². The molecule has 10 heteroatoms. The largest absolute Gasteiger partial charge is 0.462 e. The van der Waals surface area contributed by atoms with E-state index in [1.165, 1.54) is 11.3 Å². The molecule has 2 aromatic heterocycles. The van der Waals surface area contributed by atoms with E-state index < -0.39 is 0 Å². The second kappa shape index (κ2) is 9.57. The molecule has 9 nitrogen and oxygen atoms in total. The van der Waals surface area contributed by atoms with Crippen LogP contribution in [-0.2, 0) is 15.9 Å². The number of H-pyrrole nitrogens is 1. The highest BCUT2D eigenvalue weighted by Gasteiger charge is 2.33. The van der Waals surface area contributed by atoms with Crippen LogP contribution in [0.1, 0.15) is 57.6 Å². The van der Waals surface area contributed by atoms with E-state index in [0.717, 1.165) is 22.9 Å². The number of aromatic nitrogens is 3. The van der Waals surface area contributed by atoms with E-state index in [2.05, 4.69) is 25.2 Å². The van der Waals surface area contributed by atoms with Crippen molar-refractivity contribution in [3.05, 3.63) is 27.8 Å². The number of aryl methyl sites for hydroxylation is 3. The number of thiazole rings is 1. The van der Waals surface area contributed by atoms with Gasteiger partial charge in [-0.2, -0.15) is 0 Å². The van der Waals surface area contributed by atoms with Crippen LogP contribution in [0.4, 0.5) is 5.13 Å². The van der Waals surface area contributed by atoms with Crippen molar-refractivity contribution in [1.82, 2.24) is 20.3 Å². The monoisotopic (exact) mass is 435 g/mol. The van der Waals surface area contributed by atoms with Crippen molar-refractivity contribution < 1.29 is 19.1 Å². The first-order valence-electron chi connectivity index (χ1n) is 10.2. The Morgan fingerprint density at radius 1 is 1.27 bits per heavy atom. The van der Waals surface area contributed by atoms with Gasteiger partial charge >= 0.3 is 5.97 Å². The summed E-state index contributed by atoms with van der Waals surface area (Å²) in [7, 11) is 1.64. The maximum absolute atomic E-state index is 12.7. The second-order valence-corrected chi connectivity index (χ2v) is 8.20. The predicted molar refractivity (Wildman–Crippen MR) is 114 cm³/mol. The van der Waals surface area contributed by atoms with Gasteiger partial charge in [0.2, 0.25) is 0 Å². The molecule has 0 spiro atoms. The molecule has 1 saturated heterocycles. The Hall–Kier alpha value is -2.46. The van der Waals surface area contributed by atoms with Crippen molar-refractivity contribution in [2.45, 2.75) is 52.7 Å². The van der Waals surface area contributed by atoms with Gasteiger partial charge in [0.05, 0.1) is 30.1 Å². The number of carbonyl (C=O) groups excluding carboxylic acids is 2. The number of anilines is 1. The van der Waals surface area contributed by atoms with Gasteiger partial charge in [-0.25, -0.2) is 14.8 Å². The summed E-state index contributed by atoms with van der Waals surface area (Å²) < 4.78 is 10.8. The zero-order valence-corrected chi connectivity index (χ0v) is 18.9. The molecule has 2 aromatic rings. The molecule has 0 unspecified atom stereocenters. The van der Waals surface area contributed by atoms with Gasteiger partial charge in [-0.05, 0) is 33.6 Å². The first-order valence-corrected chi connectivity index (χ1v) is 11.0. The molecule has 3 heterocycles. The van der Waals surface area contributed by atoms with E-state index in [1.54, 1.807) is 14.0 Å². The predicted octanol–water partition coefficient (Wildman–Crippen LogP) is 2.25. The maximum atomic E-state index is 12.7. The first-order chi connectivity index (χ1) is 14.4. The third-order valence-corrected chi connectivity index (χ3v) is 6.45. The third kappa shape index (κ3) is 4.65. The van der Waals surface area contributed by atoms with Crippen LogP contribution in [0.25, 0.3) is 0 Å². The summed E-state index contributed by atoms with van der Waals surface area (Å²) >= 11 is 1.33. The van der Waals surface area contributed by atoms with Gasteiger partial charge in [0, 0.05) is 25.9 Å². The fraction of sp³-hybridized carbons (Fsp3) is 0.600. The molecule has 0 aromatic carbocycles.